The third kappa shape index (κ3) is 1.26. The molecule has 5 rings (SSSR count). The summed E-state index contributed by atoms with van der Waals surface area (Å²) in [5.74, 6) is 1.82. The van der Waals surface area contributed by atoms with Gasteiger partial charge in [-0.3, -0.25) is 4.79 Å². The number of likely N-dealkylation sites (tertiary alicyclic amines) is 1. The lowest BCUT2D eigenvalue weighted by Gasteiger charge is -2.57. The van der Waals surface area contributed by atoms with E-state index in [1.807, 2.05) is 6.08 Å². The number of ketones is 1. The van der Waals surface area contributed by atoms with Gasteiger partial charge in [-0.1, -0.05) is 24.8 Å². The molecule has 1 unspecified atom stereocenters. The summed E-state index contributed by atoms with van der Waals surface area (Å²) in [5, 5.41) is 0. The van der Waals surface area contributed by atoms with Gasteiger partial charge >= 0.3 is 0 Å². The zero-order valence-corrected chi connectivity index (χ0v) is 13.0. The van der Waals surface area contributed by atoms with Crippen LogP contribution in [0, 0.1) is 5.92 Å². The second-order valence-electron chi connectivity index (χ2n) is 7.37. The molecule has 3 nitrogen and oxygen atoms in total. The molecule has 0 aromatic heterocycles. The normalized spacial score (nSPS) is 38.4. The van der Waals surface area contributed by atoms with Crippen molar-refractivity contribution < 1.29 is 9.53 Å². The molecule has 1 aromatic carbocycles. The zero-order valence-electron chi connectivity index (χ0n) is 13.0. The Labute approximate surface area is 130 Å². The molecule has 2 bridgehead atoms. The minimum atomic E-state index is -0.252. The highest BCUT2D eigenvalue weighted by Crippen LogP contribution is 2.62. The lowest BCUT2D eigenvalue weighted by atomic mass is 9.51. The Hall–Kier alpha value is -1.61. The first kappa shape index (κ1) is 12.9. The van der Waals surface area contributed by atoms with E-state index in [0.29, 0.717) is 24.2 Å². The van der Waals surface area contributed by atoms with E-state index in [1.165, 1.54) is 11.1 Å². The van der Waals surface area contributed by atoms with Gasteiger partial charge in [0, 0.05) is 29.0 Å². The fourth-order valence-electron chi connectivity index (χ4n) is 5.72. The van der Waals surface area contributed by atoms with Crippen molar-refractivity contribution in [3.8, 4) is 5.75 Å². The number of hydrogen-bond acceptors (Lipinski definition) is 3. The van der Waals surface area contributed by atoms with E-state index in [9.17, 15) is 4.79 Å². The van der Waals surface area contributed by atoms with Crippen molar-refractivity contribution in [3.05, 3.63) is 35.4 Å². The molecule has 2 aliphatic carbocycles. The average molecular weight is 295 g/mol. The number of nitrogens with zero attached hydrogens (tertiary/aromatic N) is 1. The summed E-state index contributed by atoms with van der Waals surface area (Å²) in [6.45, 7) is 4.99. The van der Waals surface area contributed by atoms with Gasteiger partial charge in [-0.05, 0) is 44.3 Å². The maximum Gasteiger partial charge on any atom is 0.174 e. The third-order valence-corrected chi connectivity index (χ3v) is 6.66. The van der Waals surface area contributed by atoms with Crippen LogP contribution in [0.25, 0.3) is 6.08 Å². The molecule has 3 heteroatoms. The number of benzene rings is 1. The van der Waals surface area contributed by atoms with Gasteiger partial charge < -0.3 is 9.64 Å². The average Bonchev–Trinajstić information content (AvgIpc) is 2.88. The van der Waals surface area contributed by atoms with Gasteiger partial charge in [0.15, 0.2) is 11.9 Å². The van der Waals surface area contributed by atoms with Gasteiger partial charge in [-0.25, -0.2) is 0 Å². The SMILES string of the molecule is C=Cc1ccc2c3c1OC1C(=O)CC[C@H]4[C@@H](C2)N(C)CC[C@]314. The van der Waals surface area contributed by atoms with Crippen molar-refractivity contribution in [1.82, 2.24) is 4.90 Å². The number of piperidine rings is 1. The Morgan fingerprint density at radius 3 is 3.14 bits per heavy atom. The van der Waals surface area contributed by atoms with E-state index in [4.69, 9.17) is 4.74 Å². The molecule has 22 heavy (non-hydrogen) atoms. The number of rotatable bonds is 1. The third-order valence-electron chi connectivity index (χ3n) is 6.66. The lowest BCUT2D eigenvalue weighted by Crippen LogP contribution is -2.65. The summed E-state index contributed by atoms with van der Waals surface area (Å²) in [5.41, 5.74) is 3.74. The van der Waals surface area contributed by atoms with Gasteiger partial charge in [-0.15, -0.1) is 0 Å². The van der Waals surface area contributed by atoms with Crippen LogP contribution in [0.4, 0.5) is 0 Å². The van der Waals surface area contributed by atoms with Gasteiger partial charge in [0.05, 0.1) is 0 Å². The van der Waals surface area contributed by atoms with Crippen LogP contribution in [0.1, 0.15) is 36.0 Å². The summed E-state index contributed by atoms with van der Waals surface area (Å²) >= 11 is 0. The minimum Gasteiger partial charge on any atom is -0.481 e. The smallest absolute Gasteiger partial charge is 0.174 e. The first-order chi connectivity index (χ1) is 10.7. The molecule has 2 aliphatic heterocycles. The molecule has 4 atom stereocenters. The summed E-state index contributed by atoms with van der Waals surface area (Å²) in [4.78, 5) is 15.1. The molecule has 0 amide bonds. The highest BCUT2D eigenvalue weighted by Gasteiger charge is 2.65. The van der Waals surface area contributed by atoms with Crippen molar-refractivity contribution in [2.75, 3.05) is 13.6 Å². The number of hydrogen-bond donors (Lipinski definition) is 0. The van der Waals surface area contributed by atoms with Crippen molar-refractivity contribution >= 4 is 11.9 Å². The van der Waals surface area contributed by atoms with Crippen LogP contribution in [0.15, 0.2) is 18.7 Å². The second-order valence-corrected chi connectivity index (χ2v) is 7.37. The monoisotopic (exact) mass is 295 g/mol. The van der Waals surface area contributed by atoms with Crippen molar-refractivity contribution in [3.63, 3.8) is 0 Å². The molecule has 0 N–H and O–H groups in total. The predicted octanol–water partition coefficient (Wildman–Crippen LogP) is 2.57. The van der Waals surface area contributed by atoms with Gasteiger partial charge in [0.25, 0.3) is 0 Å². The second kappa shape index (κ2) is 4.02. The maximum absolute atomic E-state index is 12.6. The molecule has 1 spiro atoms. The lowest BCUT2D eigenvalue weighted by molar-refractivity contribution is -0.138. The first-order valence-corrected chi connectivity index (χ1v) is 8.35. The zero-order chi connectivity index (χ0) is 15.1. The minimum absolute atomic E-state index is 0.0611. The predicted molar refractivity (Wildman–Crippen MR) is 85.1 cm³/mol. The van der Waals surface area contributed by atoms with Crippen molar-refractivity contribution in [2.45, 2.75) is 43.2 Å². The van der Waals surface area contributed by atoms with E-state index in [2.05, 4.69) is 30.7 Å². The Morgan fingerprint density at radius 2 is 2.32 bits per heavy atom. The standard InChI is InChI=1S/C19H21NO2/c1-3-11-4-5-12-10-14-13-6-7-15(21)18-19(13,8-9-20(14)2)16(12)17(11)22-18/h3-5,13-14,18H,1,6-10H2,2H3/t13-,14+,18?,19-/m0/s1. The molecular weight excluding hydrogens is 274 g/mol. The fraction of sp³-hybridized carbons (Fsp3) is 0.526. The van der Waals surface area contributed by atoms with E-state index >= 15 is 0 Å². The van der Waals surface area contributed by atoms with Crippen molar-refractivity contribution in [1.29, 1.82) is 0 Å². The van der Waals surface area contributed by atoms with Gasteiger partial charge in [-0.2, -0.15) is 0 Å². The van der Waals surface area contributed by atoms with Crippen LogP contribution in [-0.2, 0) is 16.6 Å². The molecule has 1 saturated carbocycles. The van der Waals surface area contributed by atoms with Crippen LogP contribution in [0.2, 0.25) is 0 Å². The summed E-state index contributed by atoms with van der Waals surface area (Å²) < 4.78 is 6.31. The highest BCUT2D eigenvalue weighted by molar-refractivity contribution is 5.89. The number of carbonyl (C=O) groups is 1. The van der Waals surface area contributed by atoms with E-state index in [-0.39, 0.29) is 11.5 Å². The number of likely N-dealkylation sites (N-methyl/N-ethyl adjacent to an activating group) is 1. The Morgan fingerprint density at radius 1 is 1.45 bits per heavy atom. The quantitative estimate of drug-likeness (QED) is 0.797. The van der Waals surface area contributed by atoms with E-state index in [0.717, 1.165) is 37.1 Å². The molecule has 114 valence electrons. The van der Waals surface area contributed by atoms with Gasteiger partial charge in [0.1, 0.15) is 5.75 Å². The number of ether oxygens (including phenoxy) is 1. The topological polar surface area (TPSA) is 29.5 Å². The number of Topliss-reactive ketones (excluding diaryl/α,β-unsaturated/α-hetero) is 1. The number of carbonyl (C=O) groups excluding carboxylic acids is 1. The maximum atomic E-state index is 12.6. The summed E-state index contributed by atoms with van der Waals surface area (Å²) in [6.07, 6.45) is 5.44. The molecule has 2 heterocycles. The van der Waals surface area contributed by atoms with Crippen LogP contribution in [-0.4, -0.2) is 36.4 Å². The highest BCUT2D eigenvalue weighted by atomic mass is 16.5. The Bertz CT molecular complexity index is 710. The van der Waals surface area contributed by atoms with E-state index in [1.54, 1.807) is 0 Å². The molecule has 1 aromatic rings. The fourth-order valence-corrected chi connectivity index (χ4v) is 5.72. The summed E-state index contributed by atoms with van der Waals surface area (Å²) in [6, 6.07) is 4.90. The molecule has 2 fully saturated rings. The van der Waals surface area contributed by atoms with Crippen LogP contribution < -0.4 is 4.74 Å². The summed E-state index contributed by atoms with van der Waals surface area (Å²) in [7, 11) is 2.24. The van der Waals surface area contributed by atoms with E-state index < -0.39 is 0 Å². The largest absolute Gasteiger partial charge is 0.481 e. The van der Waals surface area contributed by atoms with Crippen LogP contribution in [0.5, 0.6) is 5.75 Å². The molecule has 4 aliphatic rings. The molecule has 1 saturated heterocycles. The Balaban J connectivity index is 1.83. The molecule has 0 radical (unpaired) electrons. The van der Waals surface area contributed by atoms with Gasteiger partial charge in [0.2, 0.25) is 0 Å². The van der Waals surface area contributed by atoms with Crippen molar-refractivity contribution in [2.24, 2.45) is 5.92 Å². The Kier molecular flexibility index (Phi) is 2.35. The van der Waals surface area contributed by atoms with Crippen LogP contribution in [0.3, 0.4) is 0 Å². The molecular formula is C19H21NO2. The van der Waals surface area contributed by atoms with Crippen LogP contribution >= 0.6 is 0 Å². The first-order valence-electron chi connectivity index (χ1n) is 8.35.